The predicted molar refractivity (Wildman–Crippen MR) is 57.3 cm³/mol. The van der Waals surface area contributed by atoms with Gasteiger partial charge < -0.3 is 20.3 Å². The molecule has 0 saturated carbocycles. The van der Waals surface area contributed by atoms with Crippen LogP contribution in [0, 0.1) is 0 Å². The maximum atomic E-state index is 11.0. The van der Waals surface area contributed by atoms with Crippen LogP contribution >= 0.6 is 0 Å². The maximum absolute atomic E-state index is 11.0. The summed E-state index contributed by atoms with van der Waals surface area (Å²) in [5.74, 6) is -3.05. The molecule has 1 saturated heterocycles. The van der Waals surface area contributed by atoms with Crippen molar-refractivity contribution < 1.29 is 37.3 Å². The Labute approximate surface area is 107 Å². The van der Waals surface area contributed by atoms with E-state index >= 15 is 0 Å². The van der Waals surface area contributed by atoms with Gasteiger partial charge in [0.05, 0.1) is 13.2 Å². The summed E-state index contributed by atoms with van der Waals surface area (Å²) < 4.78 is 41.7. The van der Waals surface area contributed by atoms with Crippen molar-refractivity contribution in [3.63, 3.8) is 0 Å². The summed E-state index contributed by atoms with van der Waals surface area (Å²) in [6.45, 7) is 1.88. The Bertz CT molecular complexity index is 319. The Morgan fingerprint density at radius 3 is 2.16 bits per heavy atom. The molecule has 3 N–H and O–H groups in total. The standard InChI is InChI=1S/C8H15NO3.C2HF3O2/c1-5(9)6-3-4-7(12-6)8(10)11-2;3-2(4,5)1(6)7/h5-7H,3-4,9H2,1-2H3;(H,6,7)/t5-,6+,7+;/m1./s1. The van der Waals surface area contributed by atoms with Gasteiger partial charge in [-0.1, -0.05) is 0 Å². The molecule has 0 aromatic rings. The fraction of sp³-hybridized carbons (Fsp3) is 0.800. The van der Waals surface area contributed by atoms with Gasteiger partial charge in [-0.3, -0.25) is 0 Å². The van der Waals surface area contributed by atoms with Crippen molar-refractivity contribution in [1.29, 1.82) is 0 Å². The minimum absolute atomic E-state index is 0.00843. The first-order chi connectivity index (χ1) is 8.59. The molecular weight excluding hydrogens is 271 g/mol. The van der Waals surface area contributed by atoms with E-state index in [-0.39, 0.29) is 18.1 Å². The highest BCUT2D eigenvalue weighted by Crippen LogP contribution is 2.22. The number of carboxylic acid groups (broad SMARTS) is 1. The van der Waals surface area contributed by atoms with E-state index in [1.807, 2.05) is 6.92 Å². The van der Waals surface area contributed by atoms with Crippen LogP contribution in [0.5, 0.6) is 0 Å². The van der Waals surface area contributed by atoms with E-state index in [1.165, 1.54) is 7.11 Å². The fourth-order valence-corrected chi connectivity index (χ4v) is 1.35. The lowest BCUT2D eigenvalue weighted by atomic mass is 10.1. The quantitative estimate of drug-likeness (QED) is 0.725. The van der Waals surface area contributed by atoms with Crippen molar-refractivity contribution in [3.05, 3.63) is 0 Å². The first-order valence-electron chi connectivity index (χ1n) is 5.38. The number of nitrogens with two attached hydrogens (primary N) is 1. The highest BCUT2D eigenvalue weighted by molar-refractivity contribution is 5.74. The van der Waals surface area contributed by atoms with Gasteiger partial charge in [-0.2, -0.15) is 13.2 Å². The Morgan fingerprint density at radius 2 is 1.89 bits per heavy atom. The summed E-state index contributed by atoms with van der Waals surface area (Å²) in [7, 11) is 1.37. The molecule has 0 aromatic heterocycles. The monoisotopic (exact) mass is 287 g/mol. The van der Waals surface area contributed by atoms with E-state index in [4.69, 9.17) is 20.4 Å². The molecule has 0 aliphatic carbocycles. The van der Waals surface area contributed by atoms with Crippen LogP contribution in [0.15, 0.2) is 0 Å². The topological polar surface area (TPSA) is 98.9 Å². The second-order valence-electron chi connectivity index (χ2n) is 3.93. The van der Waals surface area contributed by atoms with Crippen molar-refractivity contribution >= 4 is 11.9 Å². The number of halogens is 3. The number of hydrogen-bond donors (Lipinski definition) is 2. The third-order valence-corrected chi connectivity index (χ3v) is 2.35. The average molecular weight is 287 g/mol. The van der Waals surface area contributed by atoms with E-state index in [1.54, 1.807) is 0 Å². The van der Waals surface area contributed by atoms with Crippen LogP contribution in [0.1, 0.15) is 19.8 Å². The molecule has 0 bridgehead atoms. The van der Waals surface area contributed by atoms with Crippen LogP contribution in [-0.4, -0.2) is 48.6 Å². The van der Waals surface area contributed by atoms with Crippen LogP contribution in [0.25, 0.3) is 0 Å². The molecule has 1 rings (SSSR count). The van der Waals surface area contributed by atoms with Gasteiger partial charge in [0.2, 0.25) is 0 Å². The molecule has 1 heterocycles. The molecule has 0 radical (unpaired) electrons. The van der Waals surface area contributed by atoms with Crippen LogP contribution < -0.4 is 5.73 Å². The van der Waals surface area contributed by atoms with Crippen molar-refractivity contribution in [2.24, 2.45) is 5.73 Å². The zero-order valence-electron chi connectivity index (χ0n) is 10.4. The summed E-state index contributed by atoms with van der Waals surface area (Å²) in [6, 6.07) is -0.0142. The van der Waals surface area contributed by atoms with E-state index in [0.717, 1.165) is 12.8 Å². The summed E-state index contributed by atoms with van der Waals surface area (Å²) in [5, 5.41) is 7.12. The number of carboxylic acids is 1. The first kappa shape index (κ1) is 17.6. The van der Waals surface area contributed by atoms with Gasteiger partial charge in [0.15, 0.2) is 6.10 Å². The molecular formula is C10H16F3NO5. The lowest BCUT2D eigenvalue weighted by Gasteiger charge is -2.14. The predicted octanol–water partition coefficient (Wildman–Crippen LogP) is 0.687. The Balaban J connectivity index is 0.000000399. The Hall–Kier alpha value is -1.35. The first-order valence-corrected chi connectivity index (χ1v) is 5.38. The average Bonchev–Trinajstić information content (AvgIpc) is 2.76. The molecule has 6 nitrogen and oxygen atoms in total. The number of esters is 1. The minimum Gasteiger partial charge on any atom is -0.475 e. The smallest absolute Gasteiger partial charge is 0.475 e. The second-order valence-corrected chi connectivity index (χ2v) is 3.93. The molecule has 0 unspecified atom stereocenters. The molecule has 3 atom stereocenters. The third kappa shape index (κ3) is 6.39. The van der Waals surface area contributed by atoms with E-state index in [0.29, 0.717) is 0 Å². The van der Waals surface area contributed by atoms with Gasteiger partial charge in [0.1, 0.15) is 0 Å². The molecule has 9 heteroatoms. The maximum Gasteiger partial charge on any atom is 0.490 e. The van der Waals surface area contributed by atoms with Crippen molar-refractivity contribution in [2.75, 3.05) is 7.11 Å². The fourth-order valence-electron chi connectivity index (χ4n) is 1.35. The van der Waals surface area contributed by atoms with Gasteiger partial charge in [-0.05, 0) is 19.8 Å². The number of alkyl halides is 3. The van der Waals surface area contributed by atoms with Crippen LogP contribution in [0.4, 0.5) is 13.2 Å². The molecule has 1 fully saturated rings. The molecule has 0 aromatic carbocycles. The third-order valence-electron chi connectivity index (χ3n) is 2.35. The minimum atomic E-state index is -5.08. The number of ether oxygens (including phenoxy) is 2. The SMILES string of the molecule is COC(=O)[C@@H]1CC[C@@H]([C@@H](C)N)O1.O=C(O)C(F)(F)F. The number of aliphatic carboxylic acids is 1. The van der Waals surface area contributed by atoms with Gasteiger partial charge in [-0.25, -0.2) is 9.59 Å². The van der Waals surface area contributed by atoms with Crippen molar-refractivity contribution in [1.82, 2.24) is 0 Å². The summed E-state index contributed by atoms with van der Waals surface area (Å²) >= 11 is 0. The zero-order chi connectivity index (χ0) is 15.2. The van der Waals surface area contributed by atoms with E-state index < -0.39 is 18.2 Å². The van der Waals surface area contributed by atoms with E-state index in [9.17, 15) is 18.0 Å². The molecule has 19 heavy (non-hydrogen) atoms. The number of rotatable bonds is 2. The molecule has 1 aliphatic heterocycles. The summed E-state index contributed by atoms with van der Waals surface area (Å²) in [6.07, 6.45) is -3.91. The highest BCUT2D eigenvalue weighted by Gasteiger charge is 2.38. The van der Waals surface area contributed by atoms with Crippen molar-refractivity contribution in [3.8, 4) is 0 Å². The lowest BCUT2D eigenvalue weighted by molar-refractivity contribution is -0.192. The second kappa shape index (κ2) is 7.29. The zero-order valence-corrected chi connectivity index (χ0v) is 10.4. The number of methoxy groups -OCH3 is 1. The van der Waals surface area contributed by atoms with Crippen LogP contribution in [0.3, 0.4) is 0 Å². The van der Waals surface area contributed by atoms with Gasteiger partial charge >= 0.3 is 18.1 Å². The highest BCUT2D eigenvalue weighted by atomic mass is 19.4. The lowest BCUT2D eigenvalue weighted by Crippen LogP contribution is -2.33. The normalized spacial score (nSPS) is 24.1. The largest absolute Gasteiger partial charge is 0.490 e. The van der Waals surface area contributed by atoms with Gasteiger partial charge in [0, 0.05) is 6.04 Å². The van der Waals surface area contributed by atoms with Gasteiger partial charge in [0.25, 0.3) is 0 Å². The number of carbonyl (C=O) groups excluding carboxylic acids is 1. The molecule has 1 aliphatic rings. The number of hydrogen-bond acceptors (Lipinski definition) is 5. The molecule has 112 valence electrons. The molecule has 0 amide bonds. The molecule has 0 spiro atoms. The van der Waals surface area contributed by atoms with E-state index in [2.05, 4.69) is 4.74 Å². The Kier molecular flexibility index (Phi) is 6.77. The van der Waals surface area contributed by atoms with Gasteiger partial charge in [-0.15, -0.1) is 0 Å². The van der Waals surface area contributed by atoms with Crippen molar-refractivity contribution in [2.45, 2.75) is 44.2 Å². The van der Waals surface area contributed by atoms with Crippen LogP contribution in [0.2, 0.25) is 0 Å². The van der Waals surface area contributed by atoms with Crippen LogP contribution in [-0.2, 0) is 19.1 Å². The summed E-state index contributed by atoms with van der Waals surface area (Å²) in [4.78, 5) is 19.9. The summed E-state index contributed by atoms with van der Waals surface area (Å²) in [5.41, 5.74) is 5.62. The number of carbonyl (C=O) groups is 2. The Morgan fingerprint density at radius 1 is 1.42 bits per heavy atom.